The van der Waals surface area contributed by atoms with Gasteiger partial charge in [-0.25, -0.2) is 0 Å². The molecule has 3 aliphatic rings. The number of H-pyrrole nitrogens is 1. The minimum Gasteiger partial charge on any atom is -0.325 e. The van der Waals surface area contributed by atoms with Crippen LogP contribution in [-0.2, 0) is 11.2 Å². The number of aromatic nitrogens is 1. The minimum absolute atomic E-state index is 0.0480. The van der Waals surface area contributed by atoms with E-state index in [0.29, 0.717) is 12.6 Å². The monoisotopic (exact) mass is 416 g/mol. The topological polar surface area (TPSA) is 68.4 Å². The summed E-state index contributed by atoms with van der Waals surface area (Å²) in [5.74, 6) is 0.0480. The third-order valence-electron chi connectivity index (χ3n) is 7.43. The molecular weight excluding hydrogens is 388 g/mol. The Labute approximate surface area is 181 Å². The van der Waals surface area contributed by atoms with Crippen LogP contribution in [0, 0.1) is 0 Å². The second-order valence-corrected chi connectivity index (χ2v) is 9.28. The molecule has 0 saturated carbocycles. The highest BCUT2D eigenvalue weighted by Gasteiger charge is 2.27. The standard InChI is InChI=1S/C25H28N4O2/c30-22(15-28-12-8-17(9-13-28)29-10-1-2-11-29)26-20-6-7-21-24-19(20)14-16-4-3-5-18(23(16)24)25(31)27-21/h3-7,17H,1-2,8-15H2,(H,26,30)(H,27,31). The number of hydrogen-bond donors (Lipinski definition) is 2. The number of carbonyl (C=O) groups is 1. The maximum Gasteiger partial charge on any atom is 0.256 e. The van der Waals surface area contributed by atoms with Gasteiger partial charge in [0, 0.05) is 52.9 Å². The number of aromatic amines is 1. The van der Waals surface area contributed by atoms with Gasteiger partial charge in [0.15, 0.2) is 0 Å². The smallest absolute Gasteiger partial charge is 0.256 e. The Balaban J connectivity index is 1.18. The van der Waals surface area contributed by atoms with Crippen LogP contribution < -0.4 is 10.9 Å². The van der Waals surface area contributed by atoms with Gasteiger partial charge >= 0.3 is 0 Å². The Morgan fingerprint density at radius 2 is 1.84 bits per heavy atom. The highest BCUT2D eigenvalue weighted by Crippen LogP contribution is 2.39. The average molecular weight is 417 g/mol. The van der Waals surface area contributed by atoms with Crippen LogP contribution in [-0.4, -0.2) is 59.5 Å². The molecule has 3 aromatic rings. The summed E-state index contributed by atoms with van der Waals surface area (Å²) in [7, 11) is 0. The van der Waals surface area contributed by atoms with Gasteiger partial charge in [0.1, 0.15) is 0 Å². The molecule has 6 nitrogen and oxygen atoms in total. The molecule has 0 unspecified atom stereocenters. The lowest BCUT2D eigenvalue weighted by molar-refractivity contribution is -0.117. The van der Waals surface area contributed by atoms with Gasteiger partial charge in [-0.3, -0.25) is 14.5 Å². The molecule has 1 aromatic heterocycles. The molecule has 1 amide bonds. The molecule has 31 heavy (non-hydrogen) atoms. The molecule has 2 saturated heterocycles. The maximum atomic E-state index is 12.9. The molecule has 2 aromatic carbocycles. The first-order chi connectivity index (χ1) is 15.2. The molecule has 0 bridgehead atoms. The van der Waals surface area contributed by atoms with Gasteiger partial charge in [-0.15, -0.1) is 0 Å². The lowest BCUT2D eigenvalue weighted by Gasteiger charge is -2.36. The van der Waals surface area contributed by atoms with Crippen molar-refractivity contribution < 1.29 is 4.79 Å². The second-order valence-electron chi connectivity index (χ2n) is 9.28. The van der Waals surface area contributed by atoms with E-state index in [1.54, 1.807) is 0 Å². The maximum absolute atomic E-state index is 12.9. The van der Waals surface area contributed by atoms with E-state index in [0.717, 1.165) is 70.8 Å². The lowest BCUT2D eigenvalue weighted by atomic mass is 10.0. The summed E-state index contributed by atoms with van der Waals surface area (Å²) in [6, 6.07) is 10.4. The number of likely N-dealkylation sites (tertiary alicyclic amines) is 2. The summed E-state index contributed by atoms with van der Waals surface area (Å²) >= 11 is 0. The number of nitrogens with one attached hydrogen (secondary N) is 2. The van der Waals surface area contributed by atoms with E-state index in [-0.39, 0.29) is 11.5 Å². The molecule has 6 rings (SSSR count). The summed E-state index contributed by atoms with van der Waals surface area (Å²) in [4.78, 5) is 33.2. The van der Waals surface area contributed by atoms with Gasteiger partial charge in [0.2, 0.25) is 5.91 Å². The first kappa shape index (κ1) is 19.0. The fourth-order valence-corrected chi connectivity index (χ4v) is 5.89. The van der Waals surface area contributed by atoms with E-state index in [2.05, 4.69) is 26.2 Å². The SMILES string of the molecule is O=C(CN1CCC(N2CCCC2)CC1)Nc1ccc2[nH]c(=O)c3cccc4c3c2c1C4. The normalized spacial score (nSPS) is 19.7. The molecule has 2 N–H and O–H groups in total. The minimum atomic E-state index is -0.0497. The molecule has 0 radical (unpaired) electrons. The zero-order chi connectivity index (χ0) is 20.9. The van der Waals surface area contributed by atoms with Crippen LogP contribution >= 0.6 is 0 Å². The van der Waals surface area contributed by atoms with Crippen molar-refractivity contribution in [1.29, 1.82) is 0 Å². The van der Waals surface area contributed by atoms with E-state index in [1.807, 2.05) is 24.3 Å². The van der Waals surface area contributed by atoms with Crippen LogP contribution in [0.3, 0.4) is 0 Å². The number of benzene rings is 2. The van der Waals surface area contributed by atoms with Crippen molar-refractivity contribution in [2.75, 3.05) is 38.0 Å². The van der Waals surface area contributed by atoms with Gasteiger partial charge in [-0.2, -0.15) is 0 Å². The van der Waals surface area contributed by atoms with Crippen LogP contribution in [0.1, 0.15) is 36.8 Å². The van der Waals surface area contributed by atoms with Gasteiger partial charge in [0.25, 0.3) is 5.56 Å². The lowest BCUT2D eigenvalue weighted by Crippen LogP contribution is -2.45. The molecule has 2 fully saturated rings. The zero-order valence-electron chi connectivity index (χ0n) is 17.7. The van der Waals surface area contributed by atoms with Crippen molar-refractivity contribution in [3.8, 4) is 0 Å². The third kappa shape index (κ3) is 3.25. The predicted octanol–water partition coefficient (Wildman–Crippen LogP) is 3.08. The summed E-state index contributed by atoms with van der Waals surface area (Å²) in [5, 5.41) is 6.02. The fraction of sp³-hybridized carbons (Fsp3) is 0.440. The Kier molecular flexibility index (Phi) is 4.58. The number of rotatable bonds is 4. The Hall–Kier alpha value is -2.70. The van der Waals surface area contributed by atoms with E-state index in [9.17, 15) is 9.59 Å². The summed E-state index contributed by atoms with van der Waals surface area (Å²) in [6.45, 7) is 4.92. The summed E-state index contributed by atoms with van der Waals surface area (Å²) in [5.41, 5.74) is 3.94. The zero-order valence-corrected chi connectivity index (χ0v) is 17.7. The van der Waals surface area contributed by atoms with Crippen LogP contribution in [0.5, 0.6) is 0 Å². The van der Waals surface area contributed by atoms with Crippen LogP contribution in [0.25, 0.3) is 21.7 Å². The van der Waals surface area contributed by atoms with E-state index in [4.69, 9.17) is 0 Å². The fourth-order valence-electron chi connectivity index (χ4n) is 5.89. The average Bonchev–Trinajstić information content (AvgIpc) is 3.44. The highest BCUT2D eigenvalue weighted by atomic mass is 16.2. The quantitative estimate of drug-likeness (QED) is 0.502. The van der Waals surface area contributed by atoms with Crippen LogP contribution in [0.4, 0.5) is 5.69 Å². The van der Waals surface area contributed by atoms with E-state index < -0.39 is 0 Å². The van der Waals surface area contributed by atoms with Gasteiger partial charge in [-0.1, -0.05) is 12.1 Å². The molecule has 3 heterocycles. The largest absolute Gasteiger partial charge is 0.325 e. The number of amides is 1. The number of piperidine rings is 1. The first-order valence-corrected chi connectivity index (χ1v) is 11.5. The Bertz CT molecular complexity index is 1230. The molecule has 6 heteroatoms. The molecule has 0 spiro atoms. The Morgan fingerprint density at radius 3 is 2.65 bits per heavy atom. The van der Waals surface area contributed by atoms with Crippen molar-refractivity contribution in [1.82, 2.24) is 14.8 Å². The number of anilines is 1. The third-order valence-corrected chi connectivity index (χ3v) is 7.43. The van der Waals surface area contributed by atoms with Crippen molar-refractivity contribution in [2.24, 2.45) is 0 Å². The number of carbonyl (C=O) groups excluding carboxylic acids is 1. The van der Waals surface area contributed by atoms with Gasteiger partial charge in [-0.05, 0) is 68.1 Å². The second kappa shape index (κ2) is 7.46. The molecule has 1 aliphatic carbocycles. The first-order valence-electron chi connectivity index (χ1n) is 11.5. The molecular formula is C25H28N4O2. The molecule has 2 aliphatic heterocycles. The van der Waals surface area contributed by atoms with Gasteiger partial charge < -0.3 is 15.2 Å². The van der Waals surface area contributed by atoms with Crippen molar-refractivity contribution >= 4 is 33.3 Å². The van der Waals surface area contributed by atoms with E-state index in [1.165, 1.54) is 25.9 Å². The summed E-state index contributed by atoms with van der Waals surface area (Å²) < 4.78 is 0. The van der Waals surface area contributed by atoms with Crippen molar-refractivity contribution in [2.45, 2.75) is 38.1 Å². The number of hydrogen-bond acceptors (Lipinski definition) is 4. The number of nitrogens with zero attached hydrogens (tertiary/aromatic N) is 2. The predicted molar refractivity (Wildman–Crippen MR) is 124 cm³/mol. The summed E-state index contributed by atoms with van der Waals surface area (Å²) in [6.07, 6.45) is 5.74. The Morgan fingerprint density at radius 1 is 1.03 bits per heavy atom. The highest BCUT2D eigenvalue weighted by molar-refractivity contribution is 6.14. The molecule has 160 valence electrons. The van der Waals surface area contributed by atoms with Crippen LogP contribution in [0.2, 0.25) is 0 Å². The van der Waals surface area contributed by atoms with Crippen molar-refractivity contribution in [3.05, 3.63) is 51.8 Å². The molecule has 0 atom stereocenters. The van der Waals surface area contributed by atoms with Crippen molar-refractivity contribution in [3.63, 3.8) is 0 Å². The number of pyridine rings is 1. The van der Waals surface area contributed by atoms with Crippen LogP contribution in [0.15, 0.2) is 35.1 Å². The van der Waals surface area contributed by atoms with Gasteiger partial charge in [0.05, 0.1) is 6.54 Å². The van der Waals surface area contributed by atoms with E-state index >= 15 is 0 Å².